The quantitative estimate of drug-likeness (QED) is 0.795. The Bertz CT molecular complexity index is 605. The van der Waals surface area contributed by atoms with Gasteiger partial charge in [-0.15, -0.1) is 11.3 Å². The molecule has 2 rings (SSSR count). The SMILES string of the molecule is Cc1cnc(CNC(=O)Nc2sccc2C(=O)O)o1. The largest absolute Gasteiger partial charge is 0.478 e. The smallest absolute Gasteiger partial charge is 0.338 e. The normalized spacial score (nSPS) is 10.2. The number of carbonyl (C=O) groups is 2. The van der Waals surface area contributed by atoms with E-state index in [1.165, 1.54) is 6.07 Å². The van der Waals surface area contributed by atoms with E-state index in [1.807, 2.05) is 0 Å². The lowest BCUT2D eigenvalue weighted by molar-refractivity contribution is 0.0698. The lowest BCUT2D eigenvalue weighted by atomic mass is 10.3. The maximum absolute atomic E-state index is 11.6. The fourth-order valence-electron chi connectivity index (χ4n) is 1.36. The molecule has 0 aromatic carbocycles. The Morgan fingerprint density at radius 3 is 2.95 bits per heavy atom. The molecule has 19 heavy (non-hydrogen) atoms. The van der Waals surface area contributed by atoms with Gasteiger partial charge >= 0.3 is 12.0 Å². The van der Waals surface area contributed by atoms with Crippen LogP contribution in [0.3, 0.4) is 0 Å². The van der Waals surface area contributed by atoms with Crippen molar-refractivity contribution in [3.05, 3.63) is 34.9 Å². The van der Waals surface area contributed by atoms with Gasteiger partial charge in [0.05, 0.1) is 18.3 Å². The van der Waals surface area contributed by atoms with Crippen LogP contribution in [-0.4, -0.2) is 22.1 Å². The summed E-state index contributed by atoms with van der Waals surface area (Å²) in [5.74, 6) is -0.0409. The van der Waals surface area contributed by atoms with Crippen molar-refractivity contribution in [3.63, 3.8) is 0 Å². The first kappa shape index (κ1) is 13.1. The first-order chi connectivity index (χ1) is 9.06. The minimum atomic E-state index is -1.08. The number of nitrogens with one attached hydrogen (secondary N) is 2. The van der Waals surface area contributed by atoms with Crippen molar-refractivity contribution < 1.29 is 19.1 Å². The molecule has 0 radical (unpaired) electrons. The van der Waals surface area contributed by atoms with Gasteiger partial charge in [-0.2, -0.15) is 0 Å². The average Bonchev–Trinajstić information content (AvgIpc) is 2.95. The lowest BCUT2D eigenvalue weighted by Crippen LogP contribution is -2.28. The second kappa shape index (κ2) is 5.53. The first-order valence-corrected chi connectivity index (χ1v) is 6.21. The maximum atomic E-state index is 11.6. The molecule has 0 unspecified atom stereocenters. The van der Waals surface area contributed by atoms with Gasteiger partial charge < -0.3 is 14.8 Å². The van der Waals surface area contributed by atoms with E-state index in [2.05, 4.69) is 15.6 Å². The number of anilines is 1. The van der Waals surface area contributed by atoms with E-state index in [0.29, 0.717) is 11.7 Å². The highest BCUT2D eigenvalue weighted by Gasteiger charge is 2.13. The van der Waals surface area contributed by atoms with Crippen molar-refractivity contribution in [2.24, 2.45) is 0 Å². The van der Waals surface area contributed by atoms with Crippen LogP contribution >= 0.6 is 11.3 Å². The van der Waals surface area contributed by atoms with Crippen molar-refractivity contribution in [2.45, 2.75) is 13.5 Å². The van der Waals surface area contributed by atoms with Crippen LogP contribution in [0.2, 0.25) is 0 Å². The lowest BCUT2D eigenvalue weighted by Gasteiger charge is -2.04. The van der Waals surface area contributed by atoms with E-state index in [1.54, 1.807) is 18.5 Å². The van der Waals surface area contributed by atoms with Crippen LogP contribution in [0.1, 0.15) is 22.0 Å². The van der Waals surface area contributed by atoms with Crippen LogP contribution < -0.4 is 10.6 Å². The van der Waals surface area contributed by atoms with Crippen molar-refractivity contribution in [1.29, 1.82) is 0 Å². The number of aryl methyl sites for hydroxylation is 1. The molecular weight excluding hydrogens is 270 g/mol. The molecule has 0 aliphatic carbocycles. The number of thiophene rings is 1. The number of rotatable bonds is 4. The molecule has 7 nitrogen and oxygen atoms in total. The van der Waals surface area contributed by atoms with Gasteiger partial charge in [-0.25, -0.2) is 14.6 Å². The number of urea groups is 1. The number of carboxylic acids is 1. The Balaban J connectivity index is 1.90. The molecule has 2 amide bonds. The summed E-state index contributed by atoms with van der Waals surface area (Å²) in [5.41, 5.74) is 0.0621. The molecule has 2 aromatic rings. The van der Waals surface area contributed by atoms with Crippen LogP contribution in [0.15, 0.2) is 22.1 Å². The molecule has 0 aliphatic heterocycles. The van der Waals surface area contributed by atoms with Gasteiger partial charge in [0.1, 0.15) is 10.8 Å². The predicted molar refractivity (Wildman–Crippen MR) is 68.4 cm³/mol. The molecule has 0 atom stereocenters. The summed E-state index contributed by atoms with van der Waals surface area (Å²) in [6, 6.07) is 0.917. The van der Waals surface area contributed by atoms with Crippen LogP contribution in [0.4, 0.5) is 9.80 Å². The first-order valence-electron chi connectivity index (χ1n) is 5.33. The fraction of sp³-hybridized carbons (Fsp3) is 0.182. The van der Waals surface area contributed by atoms with Crippen LogP contribution in [-0.2, 0) is 6.54 Å². The number of aromatic carboxylic acids is 1. The van der Waals surface area contributed by atoms with E-state index in [4.69, 9.17) is 9.52 Å². The average molecular weight is 281 g/mol. The van der Waals surface area contributed by atoms with Crippen molar-refractivity contribution in [1.82, 2.24) is 10.3 Å². The molecule has 2 aromatic heterocycles. The Morgan fingerprint density at radius 2 is 2.32 bits per heavy atom. The summed E-state index contributed by atoms with van der Waals surface area (Å²) in [6.07, 6.45) is 1.55. The Hall–Kier alpha value is -2.35. The van der Waals surface area contributed by atoms with Crippen LogP contribution in [0.5, 0.6) is 0 Å². The minimum absolute atomic E-state index is 0.0621. The molecule has 0 aliphatic rings. The topological polar surface area (TPSA) is 104 Å². The molecular formula is C11H11N3O4S. The fourth-order valence-corrected chi connectivity index (χ4v) is 2.13. The Morgan fingerprint density at radius 1 is 1.53 bits per heavy atom. The summed E-state index contributed by atoms with van der Waals surface area (Å²) in [7, 11) is 0. The summed E-state index contributed by atoms with van der Waals surface area (Å²) in [6.45, 7) is 1.88. The van der Waals surface area contributed by atoms with Gasteiger partial charge in [0.15, 0.2) is 0 Å². The third-order valence-electron chi connectivity index (χ3n) is 2.19. The van der Waals surface area contributed by atoms with Gasteiger partial charge in [-0.3, -0.25) is 5.32 Å². The third-order valence-corrected chi connectivity index (χ3v) is 3.02. The number of hydrogen-bond donors (Lipinski definition) is 3. The summed E-state index contributed by atoms with van der Waals surface area (Å²) < 4.78 is 5.19. The Kier molecular flexibility index (Phi) is 3.81. The molecule has 0 spiro atoms. The molecule has 100 valence electrons. The summed E-state index contributed by atoms with van der Waals surface area (Å²) in [5, 5.41) is 15.8. The standard InChI is InChI=1S/C11H11N3O4S/c1-6-4-12-8(18-6)5-13-11(17)14-9-7(10(15)16)2-3-19-9/h2-4H,5H2,1H3,(H,15,16)(H2,13,14,17). The maximum Gasteiger partial charge on any atom is 0.338 e. The molecule has 0 saturated carbocycles. The van der Waals surface area contributed by atoms with Crippen molar-refractivity contribution >= 4 is 28.3 Å². The number of carboxylic acid groups (broad SMARTS) is 1. The van der Waals surface area contributed by atoms with E-state index in [-0.39, 0.29) is 17.1 Å². The molecule has 0 fully saturated rings. The number of nitrogens with zero attached hydrogens (tertiary/aromatic N) is 1. The van der Waals surface area contributed by atoms with Gasteiger partial charge in [-0.1, -0.05) is 0 Å². The second-order valence-corrected chi connectivity index (χ2v) is 4.56. The monoisotopic (exact) mass is 281 g/mol. The van der Waals surface area contributed by atoms with Crippen LogP contribution in [0.25, 0.3) is 0 Å². The molecule has 0 saturated heterocycles. The number of amides is 2. The second-order valence-electron chi connectivity index (χ2n) is 3.64. The number of oxazole rings is 1. The van der Waals surface area contributed by atoms with Crippen molar-refractivity contribution in [2.75, 3.05) is 5.32 Å². The third kappa shape index (κ3) is 3.32. The van der Waals surface area contributed by atoms with Gasteiger partial charge in [-0.05, 0) is 18.4 Å². The number of hydrogen-bond acceptors (Lipinski definition) is 5. The minimum Gasteiger partial charge on any atom is -0.478 e. The molecule has 3 N–H and O–H groups in total. The van der Waals surface area contributed by atoms with E-state index in [0.717, 1.165) is 11.3 Å². The summed E-state index contributed by atoms with van der Waals surface area (Å²) in [4.78, 5) is 26.4. The van der Waals surface area contributed by atoms with E-state index < -0.39 is 12.0 Å². The summed E-state index contributed by atoms with van der Waals surface area (Å²) >= 11 is 1.14. The highest BCUT2D eigenvalue weighted by molar-refractivity contribution is 7.14. The number of aromatic nitrogens is 1. The zero-order valence-corrected chi connectivity index (χ0v) is 10.8. The van der Waals surface area contributed by atoms with Crippen molar-refractivity contribution in [3.8, 4) is 0 Å². The molecule has 0 bridgehead atoms. The molecule has 8 heteroatoms. The number of carbonyl (C=O) groups excluding carboxylic acids is 1. The zero-order valence-electron chi connectivity index (χ0n) is 9.97. The van der Waals surface area contributed by atoms with Gasteiger partial charge in [0.25, 0.3) is 0 Å². The van der Waals surface area contributed by atoms with E-state index >= 15 is 0 Å². The highest BCUT2D eigenvalue weighted by atomic mass is 32.1. The highest BCUT2D eigenvalue weighted by Crippen LogP contribution is 2.22. The van der Waals surface area contributed by atoms with Gasteiger partial charge in [0, 0.05) is 0 Å². The zero-order chi connectivity index (χ0) is 13.8. The van der Waals surface area contributed by atoms with Gasteiger partial charge in [0.2, 0.25) is 5.89 Å². The van der Waals surface area contributed by atoms with E-state index in [9.17, 15) is 9.59 Å². The van der Waals surface area contributed by atoms with Crippen LogP contribution in [0, 0.1) is 6.92 Å². The Labute approximate surface area is 112 Å². The molecule has 2 heterocycles. The predicted octanol–water partition coefficient (Wildman–Crippen LogP) is 2.06.